The molecular weight excluding hydrogens is 707 g/mol. The van der Waals surface area contributed by atoms with E-state index in [4.69, 9.17) is 0 Å². The molecule has 0 N–H and O–H groups in total. The maximum absolute atomic E-state index is 2.50. The highest BCUT2D eigenvalue weighted by Gasteiger charge is 2.52. The lowest BCUT2D eigenvalue weighted by Crippen LogP contribution is -2.26. The zero-order valence-corrected chi connectivity index (χ0v) is 31.9. The molecule has 2 heteroatoms. The summed E-state index contributed by atoms with van der Waals surface area (Å²) in [7, 11) is 0. The van der Waals surface area contributed by atoms with E-state index in [2.05, 4.69) is 217 Å². The first kappa shape index (κ1) is 32.3. The van der Waals surface area contributed by atoms with Crippen molar-refractivity contribution in [2.24, 2.45) is 0 Å². The fourth-order valence-corrected chi connectivity index (χ4v) is 11.0. The van der Waals surface area contributed by atoms with Crippen LogP contribution >= 0.6 is 11.3 Å². The topological polar surface area (TPSA) is 3.24 Å². The van der Waals surface area contributed by atoms with Crippen molar-refractivity contribution >= 4 is 48.6 Å². The first-order valence-corrected chi connectivity index (χ1v) is 20.5. The van der Waals surface area contributed by atoms with E-state index < -0.39 is 5.41 Å². The van der Waals surface area contributed by atoms with E-state index in [0.29, 0.717) is 0 Å². The van der Waals surface area contributed by atoms with Crippen LogP contribution in [0.25, 0.3) is 64.7 Å². The quantitative estimate of drug-likeness (QED) is 0.170. The van der Waals surface area contributed by atoms with E-state index in [0.717, 1.165) is 11.4 Å². The van der Waals surface area contributed by atoms with E-state index in [-0.39, 0.29) is 0 Å². The molecule has 57 heavy (non-hydrogen) atoms. The highest BCUT2D eigenvalue weighted by atomic mass is 32.1. The van der Waals surface area contributed by atoms with Crippen LogP contribution in [-0.2, 0) is 5.41 Å². The van der Waals surface area contributed by atoms with Gasteiger partial charge < -0.3 is 4.90 Å². The van der Waals surface area contributed by atoms with Crippen LogP contribution in [0, 0.1) is 0 Å². The molecule has 9 aromatic carbocycles. The van der Waals surface area contributed by atoms with Gasteiger partial charge in [-0.2, -0.15) is 0 Å². The van der Waals surface area contributed by atoms with Crippen molar-refractivity contribution in [3.63, 3.8) is 0 Å². The molecule has 0 saturated carbocycles. The molecule has 0 bridgehead atoms. The van der Waals surface area contributed by atoms with Crippen molar-refractivity contribution in [1.82, 2.24) is 0 Å². The van der Waals surface area contributed by atoms with E-state index in [1.165, 1.54) is 92.6 Å². The number of rotatable bonds is 5. The Balaban J connectivity index is 1.10. The van der Waals surface area contributed by atoms with Gasteiger partial charge in [-0.05, 0) is 98.1 Å². The maximum Gasteiger partial charge on any atom is 0.0726 e. The van der Waals surface area contributed by atoms with Crippen molar-refractivity contribution in [1.29, 1.82) is 0 Å². The number of hydrogen-bond acceptors (Lipinski definition) is 2. The Morgan fingerprint density at radius 1 is 0.333 bits per heavy atom. The van der Waals surface area contributed by atoms with Gasteiger partial charge in [-0.25, -0.2) is 0 Å². The number of benzene rings is 9. The van der Waals surface area contributed by atoms with Gasteiger partial charge >= 0.3 is 0 Å². The third-order valence-corrected chi connectivity index (χ3v) is 13.5. The molecule has 10 aromatic rings. The molecule has 1 spiro atoms. The van der Waals surface area contributed by atoms with Gasteiger partial charge in [0.25, 0.3) is 0 Å². The molecule has 0 atom stereocenters. The molecule has 0 aliphatic heterocycles. The van der Waals surface area contributed by atoms with Crippen molar-refractivity contribution in [2.45, 2.75) is 5.41 Å². The van der Waals surface area contributed by atoms with Gasteiger partial charge in [-0.3, -0.25) is 0 Å². The summed E-state index contributed by atoms with van der Waals surface area (Å²) in [6.07, 6.45) is 0. The van der Waals surface area contributed by atoms with Crippen LogP contribution in [0.15, 0.2) is 212 Å². The summed E-state index contributed by atoms with van der Waals surface area (Å²) in [6.45, 7) is 0. The second-order valence-corrected chi connectivity index (χ2v) is 16.2. The highest BCUT2D eigenvalue weighted by molar-refractivity contribution is 7.25. The minimum atomic E-state index is -0.423. The molecule has 12 rings (SSSR count). The number of fused-ring (bicyclic) bond motifs is 13. The maximum atomic E-state index is 2.50. The number of anilines is 3. The van der Waals surface area contributed by atoms with E-state index in [1.54, 1.807) is 0 Å². The summed E-state index contributed by atoms with van der Waals surface area (Å²) < 4.78 is 2.65. The molecule has 1 aromatic heterocycles. The zero-order chi connectivity index (χ0) is 37.5. The van der Waals surface area contributed by atoms with Gasteiger partial charge in [0.2, 0.25) is 0 Å². The Hall–Kier alpha value is -7.00. The predicted molar refractivity (Wildman–Crippen MR) is 241 cm³/mol. The summed E-state index contributed by atoms with van der Waals surface area (Å²) in [5.74, 6) is 0. The smallest absolute Gasteiger partial charge is 0.0726 e. The average Bonchev–Trinajstić information content (AvgIpc) is 3.91. The number of thiophene rings is 1. The molecule has 0 unspecified atom stereocenters. The van der Waals surface area contributed by atoms with E-state index >= 15 is 0 Å². The van der Waals surface area contributed by atoms with Gasteiger partial charge in [0.05, 0.1) is 16.8 Å². The standard InChI is InChI=1S/C55H35NS/c1-2-15-37(16-3-1)40-17-7-12-26-50(40)56(39-32-29-36(30-33-39)38-31-34-53-45(35-38)43-20-8-13-28-52(43)57-53)51-27-14-25-49-54(51)44-21-6-11-24-48(44)55(49)46-22-9-4-18-41(46)42-19-5-10-23-47(42)55/h1-35H. The number of nitrogens with zero attached hydrogens (tertiary/aromatic N) is 1. The fourth-order valence-electron chi connectivity index (χ4n) is 9.96. The van der Waals surface area contributed by atoms with Gasteiger partial charge in [0, 0.05) is 37.0 Å². The molecule has 0 radical (unpaired) electrons. The first-order valence-electron chi connectivity index (χ1n) is 19.7. The van der Waals surface area contributed by atoms with Crippen LogP contribution in [0.4, 0.5) is 17.1 Å². The minimum absolute atomic E-state index is 0.423. The predicted octanol–water partition coefficient (Wildman–Crippen LogP) is 15.2. The normalized spacial score (nSPS) is 13.1. The molecule has 0 saturated heterocycles. The van der Waals surface area contributed by atoms with Crippen molar-refractivity contribution in [2.75, 3.05) is 4.90 Å². The Bertz CT molecular complexity index is 3140. The monoisotopic (exact) mass is 741 g/mol. The fraction of sp³-hybridized carbons (Fsp3) is 0.0182. The van der Waals surface area contributed by atoms with Gasteiger partial charge in [0.1, 0.15) is 0 Å². The van der Waals surface area contributed by atoms with Crippen LogP contribution in [0.1, 0.15) is 22.3 Å². The lowest BCUT2D eigenvalue weighted by molar-refractivity contribution is 0.794. The molecule has 0 amide bonds. The second-order valence-electron chi connectivity index (χ2n) is 15.2. The van der Waals surface area contributed by atoms with Crippen LogP contribution in [-0.4, -0.2) is 0 Å². The second kappa shape index (κ2) is 12.5. The molecule has 266 valence electrons. The summed E-state index contributed by atoms with van der Waals surface area (Å²) in [5.41, 5.74) is 18.4. The van der Waals surface area contributed by atoms with E-state index in [1.807, 2.05) is 11.3 Å². The largest absolute Gasteiger partial charge is 0.309 e. The van der Waals surface area contributed by atoms with Crippen LogP contribution in [0.2, 0.25) is 0 Å². The highest BCUT2D eigenvalue weighted by Crippen LogP contribution is 2.64. The SMILES string of the molecule is c1ccc(-c2ccccc2N(c2ccc(-c3ccc4sc5ccccc5c4c3)cc2)c2cccc3c2-c2ccccc2C32c3ccccc3-c3ccccc32)cc1. The third-order valence-electron chi connectivity index (χ3n) is 12.3. The number of para-hydroxylation sites is 1. The lowest BCUT2D eigenvalue weighted by Gasteiger charge is -2.32. The zero-order valence-electron chi connectivity index (χ0n) is 31.1. The molecule has 1 heterocycles. The summed E-state index contributed by atoms with van der Waals surface area (Å²) >= 11 is 1.86. The van der Waals surface area contributed by atoms with Gasteiger partial charge in [0.15, 0.2) is 0 Å². The van der Waals surface area contributed by atoms with Crippen LogP contribution in [0.3, 0.4) is 0 Å². The Morgan fingerprint density at radius 3 is 1.63 bits per heavy atom. The molecule has 0 fully saturated rings. The van der Waals surface area contributed by atoms with Crippen LogP contribution in [0.5, 0.6) is 0 Å². The summed E-state index contributed by atoms with van der Waals surface area (Å²) in [4.78, 5) is 2.50. The number of hydrogen-bond donors (Lipinski definition) is 0. The average molecular weight is 742 g/mol. The van der Waals surface area contributed by atoms with Gasteiger partial charge in [-0.15, -0.1) is 11.3 Å². The minimum Gasteiger partial charge on any atom is -0.309 e. The first-order chi connectivity index (χ1) is 28.3. The van der Waals surface area contributed by atoms with Gasteiger partial charge in [-0.1, -0.05) is 170 Å². The van der Waals surface area contributed by atoms with Crippen LogP contribution < -0.4 is 4.90 Å². The van der Waals surface area contributed by atoms with Crippen molar-refractivity contribution in [3.05, 3.63) is 235 Å². The molecule has 2 aliphatic rings. The molecular formula is C55H35NS. The Kier molecular flexibility index (Phi) is 7.08. The summed E-state index contributed by atoms with van der Waals surface area (Å²) in [5, 5.41) is 2.64. The van der Waals surface area contributed by atoms with E-state index in [9.17, 15) is 0 Å². The van der Waals surface area contributed by atoms with Crippen molar-refractivity contribution in [3.8, 4) is 44.5 Å². The third kappa shape index (κ3) is 4.62. The molecule has 1 nitrogen and oxygen atoms in total. The summed E-state index contributed by atoms with van der Waals surface area (Å²) in [6, 6.07) is 78.7. The van der Waals surface area contributed by atoms with Crippen molar-refractivity contribution < 1.29 is 0 Å². The lowest BCUT2D eigenvalue weighted by atomic mass is 9.70. The Morgan fingerprint density at radius 2 is 0.877 bits per heavy atom. The Labute approximate surface area is 336 Å². The molecule has 2 aliphatic carbocycles.